The maximum atomic E-state index is 5.45. The molecule has 0 bridgehead atoms. The highest BCUT2D eigenvalue weighted by molar-refractivity contribution is 9.10. The van der Waals surface area contributed by atoms with E-state index in [-0.39, 0.29) is 6.04 Å². The highest BCUT2D eigenvalue weighted by Crippen LogP contribution is 2.32. The van der Waals surface area contributed by atoms with Crippen LogP contribution in [0.15, 0.2) is 41.0 Å². The van der Waals surface area contributed by atoms with Crippen molar-refractivity contribution in [3.05, 3.63) is 57.8 Å². The van der Waals surface area contributed by atoms with Crippen molar-refractivity contribution in [2.24, 2.45) is 0 Å². The van der Waals surface area contributed by atoms with Gasteiger partial charge in [0.15, 0.2) is 0 Å². The van der Waals surface area contributed by atoms with E-state index in [0.717, 1.165) is 22.5 Å². The fourth-order valence-corrected chi connectivity index (χ4v) is 2.71. The number of aryl methyl sites for hydroxylation is 1. The van der Waals surface area contributed by atoms with Crippen molar-refractivity contribution in [3.8, 4) is 5.75 Å². The number of rotatable bonds is 5. The van der Waals surface area contributed by atoms with Crippen LogP contribution in [0.2, 0.25) is 0 Å². The quantitative estimate of drug-likeness (QED) is 0.901. The van der Waals surface area contributed by atoms with Gasteiger partial charge < -0.3 is 10.1 Å². The maximum Gasteiger partial charge on any atom is 0.142 e. The summed E-state index contributed by atoms with van der Waals surface area (Å²) in [4.78, 5) is 4.51. The zero-order chi connectivity index (χ0) is 14.5. The Hall–Kier alpha value is -1.39. The predicted octanol–water partition coefficient (Wildman–Crippen LogP) is 3.86. The molecule has 1 unspecified atom stereocenters. The molecule has 0 aliphatic carbocycles. The van der Waals surface area contributed by atoms with E-state index in [0.29, 0.717) is 0 Å². The van der Waals surface area contributed by atoms with E-state index in [4.69, 9.17) is 4.74 Å². The Labute approximate surface area is 128 Å². The summed E-state index contributed by atoms with van der Waals surface area (Å²) in [5, 5.41) is 3.49. The van der Waals surface area contributed by atoms with Gasteiger partial charge >= 0.3 is 0 Å². The predicted molar refractivity (Wildman–Crippen MR) is 85.2 cm³/mol. The molecule has 0 saturated heterocycles. The van der Waals surface area contributed by atoms with Crippen LogP contribution in [0.3, 0.4) is 0 Å². The molecule has 2 aromatic rings. The highest BCUT2D eigenvalue weighted by atomic mass is 79.9. The van der Waals surface area contributed by atoms with Crippen LogP contribution in [0, 0.1) is 6.92 Å². The molecule has 0 aliphatic rings. The number of benzene rings is 1. The second kappa shape index (κ2) is 6.86. The van der Waals surface area contributed by atoms with E-state index in [2.05, 4.69) is 58.3 Å². The summed E-state index contributed by atoms with van der Waals surface area (Å²) < 4.78 is 6.52. The Bertz CT molecular complexity index is 586. The lowest BCUT2D eigenvalue weighted by Crippen LogP contribution is -2.24. The standard InChI is InChI=1S/C16H19BrN2O/c1-4-18-15(12-10-11(2)7-8-13(12)17)16-14(20-3)6-5-9-19-16/h5-10,15,18H,4H2,1-3H3. The molecule has 4 heteroatoms. The number of nitrogens with one attached hydrogen (secondary N) is 1. The van der Waals surface area contributed by atoms with Crippen molar-refractivity contribution in [1.29, 1.82) is 0 Å². The SMILES string of the molecule is CCNC(c1cc(C)ccc1Br)c1ncccc1OC. The number of ether oxygens (including phenoxy) is 1. The van der Waals surface area contributed by atoms with Gasteiger partial charge in [-0.2, -0.15) is 0 Å². The molecule has 0 aliphatic heterocycles. The summed E-state index contributed by atoms with van der Waals surface area (Å²) in [6, 6.07) is 10.2. The molecule has 1 heterocycles. The lowest BCUT2D eigenvalue weighted by Gasteiger charge is -2.21. The third-order valence-electron chi connectivity index (χ3n) is 3.16. The van der Waals surface area contributed by atoms with Crippen LogP contribution < -0.4 is 10.1 Å². The van der Waals surface area contributed by atoms with Gasteiger partial charge in [0.25, 0.3) is 0 Å². The zero-order valence-corrected chi connectivity index (χ0v) is 13.6. The van der Waals surface area contributed by atoms with E-state index in [1.807, 2.05) is 12.1 Å². The second-order valence-corrected chi connectivity index (χ2v) is 5.46. The highest BCUT2D eigenvalue weighted by Gasteiger charge is 2.20. The molecule has 1 aromatic heterocycles. The molecule has 1 atom stereocenters. The zero-order valence-electron chi connectivity index (χ0n) is 12.0. The van der Waals surface area contributed by atoms with Crippen LogP contribution in [0.5, 0.6) is 5.75 Å². The van der Waals surface area contributed by atoms with Crippen LogP contribution in [-0.2, 0) is 0 Å². The van der Waals surface area contributed by atoms with Gasteiger partial charge in [-0.15, -0.1) is 0 Å². The first-order valence-electron chi connectivity index (χ1n) is 6.65. The fraction of sp³-hybridized carbons (Fsp3) is 0.312. The largest absolute Gasteiger partial charge is 0.495 e. The van der Waals surface area contributed by atoms with Gasteiger partial charge in [-0.1, -0.05) is 40.5 Å². The van der Waals surface area contributed by atoms with Gasteiger partial charge in [0.1, 0.15) is 11.4 Å². The molecule has 0 radical (unpaired) electrons. The molecule has 0 spiro atoms. The molecule has 20 heavy (non-hydrogen) atoms. The van der Waals surface area contributed by atoms with Crippen molar-refractivity contribution < 1.29 is 4.74 Å². The van der Waals surface area contributed by atoms with Crippen molar-refractivity contribution >= 4 is 15.9 Å². The lowest BCUT2D eigenvalue weighted by atomic mass is 10.0. The van der Waals surface area contributed by atoms with E-state index < -0.39 is 0 Å². The Balaban J connectivity index is 2.53. The summed E-state index contributed by atoms with van der Waals surface area (Å²) in [7, 11) is 1.68. The molecular formula is C16H19BrN2O. The van der Waals surface area contributed by atoms with Crippen LogP contribution in [0.1, 0.15) is 29.8 Å². The Morgan fingerprint density at radius 1 is 1.35 bits per heavy atom. The number of hydrogen-bond acceptors (Lipinski definition) is 3. The average molecular weight is 335 g/mol. The third kappa shape index (κ3) is 3.19. The van der Waals surface area contributed by atoms with Crippen molar-refractivity contribution in [3.63, 3.8) is 0 Å². The summed E-state index contributed by atoms with van der Waals surface area (Å²) in [6.07, 6.45) is 1.80. The minimum absolute atomic E-state index is 0.00502. The van der Waals surface area contributed by atoms with E-state index in [1.54, 1.807) is 13.3 Å². The van der Waals surface area contributed by atoms with Crippen molar-refractivity contribution in [2.45, 2.75) is 19.9 Å². The Morgan fingerprint density at radius 2 is 2.15 bits per heavy atom. The number of halogens is 1. The third-order valence-corrected chi connectivity index (χ3v) is 3.89. The normalized spacial score (nSPS) is 12.2. The molecule has 3 nitrogen and oxygen atoms in total. The number of aromatic nitrogens is 1. The van der Waals surface area contributed by atoms with Crippen molar-refractivity contribution in [1.82, 2.24) is 10.3 Å². The first-order chi connectivity index (χ1) is 9.67. The van der Waals surface area contributed by atoms with Gasteiger partial charge in [0.2, 0.25) is 0 Å². The number of pyridine rings is 1. The molecular weight excluding hydrogens is 316 g/mol. The minimum Gasteiger partial charge on any atom is -0.495 e. The smallest absolute Gasteiger partial charge is 0.142 e. The van der Waals surface area contributed by atoms with Crippen LogP contribution >= 0.6 is 15.9 Å². The topological polar surface area (TPSA) is 34.2 Å². The Kier molecular flexibility index (Phi) is 5.15. The molecule has 106 valence electrons. The van der Waals surface area contributed by atoms with Crippen LogP contribution in [0.4, 0.5) is 0 Å². The second-order valence-electron chi connectivity index (χ2n) is 4.61. The minimum atomic E-state index is 0.00502. The van der Waals surface area contributed by atoms with E-state index in [9.17, 15) is 0 Å². The summed E-state index contributed by atoms with van der Waals surface area (Å²) in [5.74, 6) is 0.798. The fourth-order valence-electron chi connectivity index (χ4n) is 2.23. The lowest BCUT2D eigenvalue weighted by molar-refractivity contribution is 0.400. The van der Waals surface area contributed by atoms with Gasteiger partial charge in [0.05, 0.1) is 13.2 Å². The van der Waals surface area contributed by atoms with Gasteiger partial charge in [-0.25, -0.2) is 0 Å². The number of hydrogen-bond donors (Lipinski definition) is 1. The molecule has 0 amide bonds. The van der Waals surface area contributed by atoms with Crippen LogP contribution in [-0.4, -0.2) is 18.6 Å². The summed E-state index contributed by atoms with van der Waals surface area (Å²) in [6.45, 7) is 5.03. The van der Waals surface area contributed by atoms with Gasteiger partial charge in [0, 0.05) is 10.7 Å². The molecule has 1 N–H and O–H groups in total. The first-order valence-corrected chi connectivity index (χ1v) is 7.45. The molecule has 2 rings (SSSR count). The van der Waals surface area contributed by atoms with E-state index in [1.165, 1.54) is 11.1 Å². The Morgan fingerprint density at radius 3 is 2.85 bits per heavy atom. The molecule has 0 fully saturated rings. The summed E-state index contributed by atoms with van der Waals surface area (Å²) >= 11 is 3.64. The van der Waals surface area contributed by atoms with Crippen molar-refractivity contribution in [2.75, 3.05) is 13.7 Å². The maximum absolute atomic E-state index is 5.45. The summed E-state index contributed by atoms with van der Waals surface area (Å²) in [5.41, 5.74) is 3.30. The van der Waals surface area contributed by atoms with Crippen LogP contribution in [0.25, 0.3) is 0 Å². The van der Waals surface area contributed by atoms with Gasteiger partial charge in [-0.3, -0.25) is 4.98 Å². The van der Waals surface area contributed by atoms with E-state index >= 15 is 0 Å². The first kappa shape index (κ1) is 15.0. The van der Waals surface area contributed by atoms with Gasteiger partial charge in [-0.05, 0) is 37.2 Å². The number of nitrogens with zero attached hydrogens (tertiary/aromatic N) is 1. The monoisotopic (exact) mass is 334 g/mol. The number of methoxy groups -OCH3 is 1. The average Bonchev–Trinajstić information content (AvgIpc) is 2.47. The molecule has 0 saturated carbocycles. The molecule has 1 aromatic carbocycles.